The summed E-state index contributed by atoms with van der Waals surface area (Å²) in [6, 6.07) is 0.0783. The van der Waals surface area contributed by atoms with Crippen molar-refractivity contribution in [2.24, 2.45) is 40.4 Å². The van der Waals surface area contributed by atoms with Crippen LogP contribution in [0.2, 0.25) is 0 Å². The van der Waals surface area contributed by atoms with Crippen LogP contribution in [0.1, 0.15) is 19.8 Å². The third-order valence-corrected chi connectivity index (χ3v) is 10.5. The fraction of sp³-hybridized carbons (Fsp3) is 0.875. The van der Waals surface area contributed by atoms with Gasteiger partial charge in [-0.15, -0.1) is 0 Å². The maximum Gasteiger partial charge on any atom is 0.165 e. The van der Waals surface area contributed by atoms with Crippen molar-refractivity contribution in [3.8, 4) is 0 Å². The Morgan fingerprint density at radius 2 is 2.00 bits per heavy atom. The van der Waals surface area contributed by atoms with E-state index in [1.807, 2.05) is 0 Å². The summed E-state index contributed by atoms with van der Waals surface area (Å²) in [7, 11) is 5.07. The highest BCUT2D eigenvalue weighted by Gasteiger charge is 2.84. The van der Waals surface area contributed by atoms with Crippen LogP contribution in [-0.2, 0) is 19.0 Å². The highest BCUT2D eigenvalue weighted by Crippen LogP contribution is 2.77. The number of carbonyl (C=O) groups is 1. The van der Waals surface area contributed by atoms with E-state index in [1.165, 1.54) is 0 Å². The number of nitrogens with zero attached hydrogens (tertiary/aromatic N) is 1. The van der Waals surface area contributed by atoms with Crippen LogP contribution in [-0.4, -0.2) is 91.9 Å². The number of piperidine rings is 1. The number of aliphatic hydroxyl groups excluding tert-OH is 1. The van der Waals surface area contributed by atoms with E-state index >= 15 is 0 Å². The predicted octanol–water partition coefficient (Wildman–Crippen LogP) is 0.486. The summed E-state index contributed by atoms with van der Waals surface area (Å²) in [4.78, 5) is 15.9. The second-order valence-corrected chi connectivity index (χ2v) is 11.0. The van der Waals surface area contributed by atoms with Gasteiger partial charge in [0.1, 0.15) is 0 Å². The van der Waals surface area contributed by atoms with E-state index in [9.17, 15) is 15.0 Å². The molecule has 1 aliphatic heterocycles. The lowest BCUT2D eigenvalue weighted by molar-refractivity contribution is -0.230. The van der Waals surface area contributed by atoms with E-state index < -0.39 is 17.1 Å². The fourth-order valence-corrected chi connectivity index (χ4v) is 9.91. The molecule has 7 bridgehead atoms. The van der Waals surface area contributed by atoms with Gasteiger partial charge in [0.25, 0.3) is 0 Å². The Hall–Kier alpha value is -0.830. The van der Waals surface area contributed by atoms with E-state index in [0.717, 1.165) is 13.0 Å². The van der Waals surface area contributed by atoms with Crippen LogP contribution in [0, 0.1) is 40.4 Å². The molecule has 6 aliphatic rings. The largest absolute Gasteiger partial charge is 0.392 e. The molecule has 0 amide bonds. The maximum atomic E-state index is 13.5. The van der Waals surface area contributed by atoms with Gasteiger partial charge in [-0.3, -0.25) is 9.69 Å². The molecule has 5 aliphatic carbocycles. The molecule has 7 nitrogen and oxygen atoms in total. The van der Waals surface area contributed by atoms with E-state index in [4.69, 9.17) is 14.2 Å². The molecular weight excluding hydrogens is 398 g/mol. The molecule has 4 saturated carbocycles. The first-order valence-corrected chi connectivity index (χ1v) is 11.8. The Labute approximate surface area is 183 Å². The molecule has 1 heterocycles. The SMILES string of the molecule is CCN1CC2(COC)C(=O)C=CC34C5CC6C(OC)CC(O)(C5C6O)C(C(OC)C23)C14. The number of hydrogen-bond acceptors (Lipinski definition) is 7. The van der Waals surface area contributed by atoms with Crippen molar-refractivity contribution in [1.82, 2.24) is 4.90 Å². The van der Waals surface area contributed by atoms with E-state index in [1.54, 1.807) is 27.4 Å². The van der Waals surface area contributed by atoms with Crippen LogP contribution in [0.4, 0.5) is 0 Å². The number of allylic oxidation sites excluding steroid dienone is 1. The molecule has 7 heteroatoms. The lowest BCUT2D eigenvalue weighted by Crippen LogP contribution is -2.73. The fourth-order valence-electron chi connectivity index (χ4n) is 9.91. The highest BCUT2D eigenvalue weighted by atomic mass is 16.5. The lowest BCUT2D eigenvalue weighted by Gasteiger charge is -2.65. The molecule has 0 aromatic carbocycles. The standard InChI is InChI=1S/C24H35NO6/c1-5-25-10-22(11-29-2)15(26)6-7-23-13-8-12-14(30-3)9-24(28,16(13)18(12)27)17(21(23)25)19(31-4)20(22)23/h6-7,12-14,16-21,27-28H,5,8-11H2,1-4H3. The first-order valence-electron chi connectivity index (χ1n) is 11.8. The van der Waals surface area contributed by atoms with Crippen molar-refractivity contribution in [2.75, 3.05) is 41.0 Å². The minimum Gasteiger partial charge on any atom is -0.392 e. The Bertz CT molecular complexity index is 833. The minimum absolute atomic E-state index is 0.0219. The Morgan fingerprint density at radius 3 is 2.65 bits per heavy atom. The third kappa shape index (κ3) is 2.02. The Kier molecular flexibility index (Phi) is 4.28. The normalized spacial score (nSPS) is 58.8. The second-order valence-electron chi connectivity index (χ2n) is 11.0. The van der Waals surface area contributed by atoms with Crippen LogP contribution in [0.15, 0.2) is 12.2 Å². The summed E-state index contributed by atoms with van der Waals surface area (Å²) < 4.78 is 17.7. The third-order valence-electron chi connectivity index (χ3n) is 10.5. The molecule has 0 aromatic heterocycles. The van der Waals surface area contributed by atoms with Crippen LogP contribution >= 0.6 is 0 Å². The zero-order valence-electron chi connectivity index (χ0n) is 18.9. The molecule has 6 rings (SSSR count). The van der Waals surface area contributed by atoms with E-state index in [-0.39, 0.29) is 59.0 Å². The minimum atomic E-state index is -1.08. The zero-order chi connectivity index (χ0) is 21.9. The van der Waals surface area contributed by atoms with Gasteiger partial charge in [0, 0.05) is 69.4 Å². The molecule has 31 heavy (non-hydrogen) atoms. The summed E-state index contributed by atoms with van der Waals surface area (Å²) in [5.41, 5.74) is -2.09. The quantitative estimate of drug-likeness (QED) is 0.652. The number of rotatable bonds is 5. The number of carbonyl (C=O) groups excluding carboxylic acids is 1. The molecule has 1 spiro atoms. The summed E-state index contributed by atoms with van der Waals surface area (Å²) in [5.74, 6) is -0.259. The molecule has 0 radical (unpaired) electrons. The van der Waals surface area contributed by atoms with Crippen molar-refractivity contribution < 1.29 is 29.2 Å². The second kappa shape index (κ2) is 6.39. The number of methoxy groups -OCH3 is 3. The highest BCUT2D eigenvalue weighted by molar-refractivity contribution is 5.97. The van der Waals surface area contributed by atoms with Gasteiger partial charge in [-0.2, -0.15) is 0 Å². The average Bonchev–Trinajstić information content (AvgIpc) is 3.15. The molecule has 12 atom stereocenters. The van der Waals surface area contributed by atoms with Crippen LogP contribution in [0.25, 0.3) is 0 Å². The van der Waals surface area contributed by atoms with Gasteiger partial charge in [-0.25, -0.2) is 0 Å². The summed E-state index contributed by atoms with van der Waals surface area (Å²) in [5, 5.41) is 23.8. The van der Waals surface area contributed by atoms with Crippen LogP contribution < -0.4 is 0 Å². The topological polar surface area (TPSA) is 88.5 Å². The molecule has 0 aromatic rings. The number of ether oxygens (including phenoxy) is 3. The lowest BCUT2D eigenvalue weighted by atomic mass is 9.46. The van der Waals surface area contributed by atoms with Crippen molar-refractivity contribution in [1.29, 1.82) is 0 Å². The number of ketones is 1. The summed E-state index contributed by atoms with van der Waals surface area (Å²) in [6.45, 7) is 3.91. The molecule has 1 saturated heterocycles. The van der Waals surface area contributed by atoms with Crippen molar-refractivity contribution in [3.63, 3.8) is 0 Å². The van der Waals surface area contributed by atoms with Crippen LogP contribution in [0.5, 0.6) is 0 Å². The molecular formula is C24H35NO6. The smallest absolute Gasteiger partial charge is 0.165 e. The van der Waals surface area contributed by atoms with Crippen LogP contribution in [0.3, 0.4) is 0 Å². The van der Waals surface area contributed by atoms with Gasteiger partial charge in [0.05, 0.1) is 35.9 Å². The Balaban J connectivity index is 1.64. The molecule has 5 fully saturated rings. The van der Waals surface area contributed by atoms with Gasteiger partial charge in [-0.1, -0.05) is 13.0 Å². The number of likely N-dealkylation sites (tertiary alicyclic amines) is 1. The van der Waals surface area contributed by atoms with Gasteiger partial charge in [-0.05, 0) is 25.0 Å². The van der Waals surface area contributed by atoms with Gasteiger partial charge in [0.15, 0.2) is 5.78 Å². The molecule has 2 N–H and O–H groups in total. The molecule has 172 valence electrons. The predicted molar refractivity (Wildman–Crippen MR) is 111 cm³/mol. The van der Waals surface area contributed by atoms with Crippen molar-refractivity contribution in [3.05, 3.63) is 12.2 Å². The van der Waals surface area contributed by atoms with E-state index in [2.05, 4.69) is 17.9 Å². The van der Waals surface area contributed by atoms with Crippen molar-refractivity contribution in [2.45, 2.75) is 49.7 Å². The monoisotopic (exact) mass is 433 g/mol. The first kappa shape index (κ1) is 20.8. The van der Waals surface area contributed by atoms with Gasteiger partial charge < -0.3 is 24.4 Å². The first-order chi connectivity index (χ1) is 14.9. The van der Waals surface area contributed by atoms with Gasteiger partial charge >= 0.3 is 0 Å². The summed E-state index contributed by atoms with van der Waals surface area (Å²) >= 11 is 0. The number of hydrogen-bond donors (Lipinski definition) is 2. The van der Waals surface area contributed by atoms with Gasteiger partial charge in [0.2, 0.25) is 0 Å². The Morgan fingerprint density at radius 1 is 1.23 bits per heavy atom. The summed E-state index contributed by atoms with van der Waals surface area (Å²) in [6.07, 6.45) is 4.24. The maximum absolute atomic E-state index is 13.5. The van der Waals surface area contributed by atoms with E-state index in [0.29, 0.717) is 19.6 Å². The zero-order valence-corrected chi connectivity index (χ0v) is 18.9. The number of fused-ring (bicyclic) bond motifs is 2. The van der Waals surface area contributed by atoms with Crippen molar-refractivity contribution >= 4 is 5.78 Å². The molecule has 12 unspecified atom stereocenters. The average molecular weight is 434 g/mol. The number of aliphatic hydroxyl groups is 2.